The number of halogens is 1. The first-order valence-corrected chi connectivity index (χ1v) is 15.9. The molecule has 0 radical (unpaired) electrons. The normalized spacial score (nSPS) is 22.1. The van der Waals surface area contributed by atoms with Crippen LogP contribution in [0.2, 0.25) is 13.1 Å². The first kappa shape index (κ1) is 28.1. The molecule has 1 unspecified atom stereocenters. The predicted molar refractivity (Wildman–Crippen MR) is 144 cm³/mol. The fourth-order valence-corrected chi connectivity index (χ4v) is 6.33. The Morgan fingerprint density at radius 2 is 1.69 bits per heavy atom. The second-order valence-corrected chi connectivity index (χ2v) is 15.2. The van der Waals surface area contributed by atoms with Gasteiger partial charge in [0, 0.05) is 17.1 Å². The molecular formula is C27H34BrNO6Si. The molecule has 1 saturated heterocycles. The summed E-state index contributed by atoms with van der Waals surface area (Å²) in [5, 5.41) is 0. The third-order valence-electron chi connectivity index (χ3n) is 6.58. The Balaban J connectivity index is 2.09. The van der Waals surface area contributed by atoms with Gasteiger partial charge in [-0.3, -0.25) is 4.79 Å². The molecule has 0 N–H and O–H groups in total. The number of carbonyl (C=O) groups excluding carboxylic acids is 2. The minimum Gasteiger partial charge on any atom is -0.497 e. The third-order valence-corrected chi connectivity index (χ3v) is 12.2. The van der Waals surface area contributed by atoms with Gasteiger partial charge in [0.05, 0.1) is 27.4 Å². The van der Waals surface area contributed by atoms with Crippen molar-refractivity contribution in [3.8, 4) is 5.75 Å². The van der Waals surface area contributed by atoms with Gasteiger partial charge in [-0.2, -0.15) is 0 Å². The average molecular weight is 577 g/mol. The molecule has 1 aliphatic rings. The van der Waals surface area contributed by atoms with Crippen molar-refractivity contribution in [3.05, 3.63) is 77.9 Å². The monoisotopic (exact) mass is 575 g/mol. The van der Waals surface area contributed by atoms with E-state index in [-0.39, 0.29) is 31.2 Å². The van der Waals surface area contributed by atoms with Gasteiger partial charge < -0.3 is 23.5 Å². The lowest BCUT2D eigenvalue weighted by Gasteiger charge is -2.47. The number of hydrogen-bond acceptors (Lipinski definition) is 6. The van der Waals surface area contributed by atoms with Crippen molar-refractivity contribution in [2.75, 3.05) is 25.8 Å². The summed E-state index contributed by atoms with van der Waals surface area (Å²) in [6.45, 7) is 10.2. The SMILES string of the molecule is C=C1C(=O)N(Cc2ccc(OC)cc2)C(COCc2ccccc2)(C(=O)OC)[C@@]1(C)O[Si](C)(C)CBr. The standard InChI is InChI=1S/C27H34BrNO6Si/c1-20-24(30)29(16-21-12-14-23(32-3)15-13-21)27(25(31)33-4,26(20,2)35-36(5,6)19-28)18-34-17-22-10-8-7-9-11-22/h7-15H,1,16-19H2,2-6H3/t26-,27?/m0/s1. The summed E-state index contributed by atoms with van der Waals surface area (Å²) in [6, 6.07) is 17.0. The Morgan fingerprint density at radius 3 is 2.25 bits per heavy atom. The molecule has 1 heterocycles. The van der Waals surface area contributed by atoms with Gasteiger partial charge in [-0.1, -0.05) is 65.0 Å². The molecule has 3 rings (SSSR count). The molecule has 2 aromatic rings. The fraction of sp³-hybridized carbons (Fsp3) is 0.407. The summed E-state index contributed by atoms with van der Waals surface area (Å²) in [6.07, 6.45) is 0. The molecule has 1 fully saturated rings. The van der Waals surface area contributed by atoms with Crippen molar-refractivity contribution in [3.63, 3.8) is 0 Å². The van der Waals surface area contributed by atoms with E-state index in [9.17, 15) is 9.59 Å². The van der Waals surface area contributed by atoms with Crippen molar-refractivity contribution in [2.24, 2.45) is 0 Å². The molecule has 2 aromatic carbocycles. The summed E-state index contributed by atoms with van der Waals surface area (Å²) < 4.78 is 23.4. The highest BCUT2D eigenvalue weighted by atomic mass is 79.9. The highest BCUT2D eigenvalue weighted by Crippen LogP contribution is 2.48. The van der Waals surface area contributed by atoms with E-state index in [0.717, 1.165) is 11.1 Å². The number of methoxy groups -OCH3 is 2. The molecule has 0 saturated carbocycles. The quantitative estimate of drug-likeness (QED) is 0.168. The van der Waals surface area contributed by atoms with Crippen molar-refractivity contribution in [1.82, 2.24) is 4.90 Å². The lowest BCUT2D eigenvalue weighted by atomic mass is 9.80. The van der Waals surface area contributed by atoms with Crippen LogP contribution in [0.3, 0.4) is 0 Å². The zero-order valence-electron chi connectivity index (χ0n) is 21.5. The average Bonchev–Trinajstić information content (AvgIpc) is 3.03. The van der Waals surface area contributed by atoms with Crippen LogP contribution in [0.4, 0.5) is 0 Å². The molecule has 0 aliphatic carbocycles. The summed E-state index contributed by atoms with van der Waals surface area (Å²) in [5.41, 5.74) is -0.998. The van der Waals surface area contributed by atoms with Crippen LogP contribution >= 0.6 is 15.9 Å². The van der Waals surface area contributed by atoms with Crippen molar-refractivity contribution < 1.29 is 28.2 Å². The number of hydrogen-bond donors (Lipinski definition) is 0. The van der Waals surface area contributed by atoms with Gasteiger partial charge in [-0.05, 0) is 43.3 Å². The molecule has 0 aromatic heterocycles. The van der Waals surface area contributed by atoms with Crippen LogP contribution in [-0.2, 0) is 36.6 Å². The van der Waals surface area contributed by atoms with Gasteiger partial charge >= 0.3 is 5.97 Å². The van der Waals surface area contributed by atoms with E-state index in [4.69, 9.17) is 18.6 Å². The number of alkyl halides is 1. The third kappa shape index (κ3) is 5.29. The molecule has 7 nitrogen and oxygen atoms in total. The molecular weight excluding hydrogens is 542 g/mol. The van der Waals surface area contributed by atoms with E-state index in [1.54, 1.807) is 14.0 Å². The molecule has 194 valence electrons. The molecule has 2 atom stereocenters. The Morgan fingerprint density at radius 1 is 1.06 bits per heavy atom. The van der Waals surface area contributed by atoms with Crippen LogP contribution in [0.1, 0.15) is 18.1 Å². The van der Waals surface area contributed by atoms with Crippen LogP contribution in [0.25, 0.3) is 0 Å². The van der Waals surface area contributed by atoms with Crippen molar-refractivity contribution in [1.29, 1.82) is 0 Å². The Bertz CT molecular complexity index is 1090. The van der Waals surface area contributed by atoms with E-state index in [0.29, 0.717) is 10.7 Å². The number of likely N-dealkylation sites (tertiary alicyclic amines) is 1. The van der Waals surface area contributed by atoms with Gasteiger partial charge in [0.25, 0.3) is 5.91 Å². The smallest absolute Gasteiger partial charge is 0.337 e. The number of rotatable bonds is 11. The Kier molecular flexibility index (Phi) is 8.82. The van der Waals surface area contributed by atoms with Crippen LogP contribution in [0.5, 0.6) is 5.75 Å². The fourth-order valence-electron chi connectivity index (χ4n) is 4.53. The molecule has 36 heavy (non-hydrogen) atoms. The lowest BCUT2D eigenvalue weighted by Crippen LogP contribution is -2.68. The first-order chi connectivity index (χ1) is 17.0. The second-order valence-electron chi connectivity index (χ2n) is 9.58. The molecule has 9 heteroatoms. The maximum Gasteiger partial charge on any atom is 0.337 e. The predicted octanol–water partition coefficient (Wildman–Crippen LogP) is 4.64. The molecule has 0 spiro atoms. The van der Waals surface area contributed by atoms with Crippen molar-refractivity contribution in [2.45, 2.75) is 44.3 Å². The maximum atomic E-state index is 13.8. The number of carbonyl (C=O) groups is 2. The van der Waals surface area contributed by atoms with Crippen molar-refractivity contribution >= 4 is 36.1 Å². The van der Waals surface area contributed by atoms with Crippen LogP contribution < -0.4 is 4.74 Å². The largest absolute Gasteiger partial charge is 0.497 e. The number of nitrogens with zero attached hydrogens (tertiary/aromatic N) is 1. The lowest BCUT2D eigenvalue weighted by molar-refractivity contribution is -0.175. The first-order valence-electron chi connectivity index (χ1n) is 11.6. The highest BCUT2D eigenvalue weighted by Gasteiger charge is 2.70. The van der Waals surface area contributed by atoms with E-state index in [2.05, 4.69) is 22.5 Å². The number of benzene rings is 2. The van der Waals surface area contributed by atoms with E-state index in [1.165, 1.54) is 12.0 Å². The Hall–Kier alpha value is -2.46. The zero-order chi connectivity index (χ0) is 26.6. The van der Waals surface area contributed by atoms with Gasteiger partial charge in [0.15, 0.2) is 13.9 Å². The minimum absolute atomic E-state index is 0.126. The molecule has 0 bridgehead atoms. The van der Waals surface area contributed by atoms with Crippen LogP contribution in [0.15, 0.2) is 66.7 Å². The summed E-state index contributed by atoms with van der Waals surface area (Å²) in [7, 11) is 0.529. The number of ether oxygens (including phenoxy) is 3. The summed E-state index contributed by atoms with van der Waals surface area (Å²) >= 11 is 3.54. The summed E-state index contributed by atoms with van der Waals surface area (Å²) in [5.74, 6) is -0.293. The van der Waals surface area contributed by atoms with E-state index in [1.807, 2.05) is 67.7 Å². The number of esters is 1. The maximum absolute atomic E-state index is 13.8. The number of amides is 1. The zero-order valence-corrected chi connectivity index (χ0v) is 24.1. The minimum atomic E-state index is -2.37. The second kappa shape index (κ2) is 11.3. The summed E-state index contributed by atoms with van der Waals surface area (Å²) in [4.78, 5) is 29.6. The van der Waals surface area contributed by atoms with Crippen LogP contribution in [0, 0.1) is 0 Å². The topological polar surface area (TPSA) is 74.3 Å². The van der Waals surface area contributed by atoms with Gasteiger partial charge in [0.2, 0.25) is 0 Å². The van der Waals surface area contributed by atoms with E-state index >= 15 is 0 Å². The van der Waals surface area contributed by atoms with Crippen LogP contribution in [-0.4, -0.2) is 62.0 Å². The molecule has 1 aliphatic heterocycles. The van der Waals surface area contributed by atoms with Gasteiger partial charge in [-0.15, -0.1) is 0 Å². The van der Waals surface area contributed by atoms with Gasteiger partial charge in [0.1, 0.15) is 11.4 Å². The molecule has 1 amide bonds. The van der Waals surface area contributed by atoms with Gasteiger partial charge in [-0.25, -0.2) is 4.79 Å². The Labute approximate surface area is 222 Å². The highest BCUT2D eigenvalue weighted by molar-refractivity contribution is 9.09. The van der Waals surface area contributed by atoms with E-state index < -0.39 is 25.4 Å².